The summed E-state index contributed by atoms with van der Waals surface area (Å²) in [5.74, 6) is -0.916. The Morgan fingerprint density at radius 3 is 3.00 bits per heavy atom. The highest BCUT2D eigenvalue weighted by Gasteiger charge is 2.25. The van der Waals surface area contributed by atoms with Gasteiger partial charge in [-0.15, -0.1) is 0 Å². The lowest BCUT2D eigenvalue weighted by atomic mass is 10.1. The molecule has 0 amide bonds. The van der Waals surface area contributed by atoms with E-state index in [1.165, 1.54) is 5.56 Å². The van der Waals surface area contributed by atoms with Crippen molar-refractivity contribution in [3.63, 3.8) is 0 Å². The minimum atomic E-state index is -0.916. The quantitative estimate of drug-likeness (QED) is 0.917. The molecule has 1 aliphatic rings. The van der Waals surface area contributed by atoms with Crippen LogP contribution in [-0.4, -0.2) is 20.9 Å². The number of fused-ring (bicyclic) bond motifs is 1. The predicted molar refractivity (Wildman–Crippen MR) is 71.5 cm³/mol. The van der Waals surface area contributed by atoms with Crippen molar-refractivity contribution in [1.82, 2.24) is 9.78 Å². The summed E-state index contributed by atoms with van der Waals surface area (Å²) in [5, 5.41) is 13.5. The van der Waals surface area contributed by atoms with Gasteiger partial charge in [-0.3, -0.25) is 4.68 Å². The summed E-state index contributed by atoms with van der Waals surface area (Å²) >= 11 is 0. The van der Waals surface area contributed by atoms with Crippen LogP contribution in [0.15, 0.2) is 24.3 Å². The number of aromatic carboxylic acids is 1. The fourth-order valence-corrected chi connectivity index (χ4v) is 2.80. The van der Waals surface area contributed by atoms with Gasteiger partial charge in [0.05, 0.1) is 6.54 Å². The van der Waals surface area contributed by atoms with E-state index in [-0.39, 0.29) is 5.69 Å². The standard InChI is InChI=1S/C15H16N2O2/c1-10-4-2-5-11(8-10)9-17-13-7-3-6-12(13)14(16-17)15(18)19/h2,4-5,8H,3,6-7,9H2,1H3,(H,18,19). The van der Waals surface area contributed by atoms with Gasteiger partial charge in [0.1, 0.15) is 0 Å². The molecule has 0 spiro atoms. The van der Waals surface area contributed by atoms with E-state index in [1.54, 1.807) is 0 Å². The number of carboxylic acids is 1. The van der Waals surface area contributed by atoms with E-state index >= 15 is 0 Å². The summed E-state index contributed by atoms with van der Waals surface area (Å²) in [6, 6.07) is 8.24. The number of carbonyl (C=O) groups is 1. The third-order valence-corrected chi connectivity index (χ3v) is 3.62. The zero-order chi connectivity index (χ0) is 13.4. The summed E-state index contributed by atoms with van der Waals surface area (Å²) in [4.78, 5) is 11.2. The summed E-state index contributed by atoms with van der Waals surface area (Å²) < 4.78 is 1.86. The number of carboxylic acid groups (broad SMARTS) is 1. The fourth-order valence-electron chi connectivity index (χ4n) is 2.80. The van der Waals surface area contributed by atoms with Gasteiger partial charge in [0, 0.05) is 11.3 Å². The molecule has 0 fully saturated rings. The van der Waals surface area contributed by atoms with Crippen molar-refractivity contribution in [2.75, 3.05) is 0 Å². The Hall–Kier alpha value is -2.10. The molecule has 4 heteroatoms. The summed E-state index contributed by atoms with van der Waals surface area (Å²) in [6.45, 7) is 2.71. The van der Waals surface area contributed by atoms with Crippen molar-refractivity contribution in [2.24, 2.45) is 0 Å². The van der Waals surface area contributed by atoms with Gasteiger partial charge in [-0.2, -0.15) is 5.10 Å². The Morgan fingerprint density at radius 2 is 2.26 bits per heavy atom. The van der Waals surface area contributed by atoms with Gasteiger partial charge >= 0.3 is 5.97 Å². The van der Waals surface area contributed by atoms with Gasteiger partial charge in [0.25, 0.3) is 0 Å². The van der Waals surface area contributed by atoms with Crippen LogP contribution < -0.4 is 0 Å². The number of aryl methyl sites for hydroxylation is 1. The molecule has 2 aromatic rings. The highest BCUT2D eigenvalue weighted by Crippen LogP contribution is 2.26. The zero-order valence-corrected chi connectivity index (χ0v) is 10.9. The number of rotatable bonds is 3. The van der Waals surface area contributed by atoms with Crippen LogP contribution in [0, 0.1) is 6.92 Å². The van der Waals surface area contributed by atoms with Crippen molar-refractivity contribution in [1.29, 1.82) is 0 Å². The van der Waals surface area contributed by atoms with E-state index < -0.39 is 5.97 Å². The molecule has 1 aliphatic carbocycles. The Labute approximate surface area is 111 Å². The Bertz CT molecular complexity index is 644. The Morgan fingerprint density at radius 1 is 1.42 bits per heavy atom. The van der Waals surface area contributed by atoms with Crippen LogP contribution in [0.5, 0.6) is 0 Å². The molecule has 1 aromatic heterocycles. The van der Waals surface area contributed by atoms with Crippen molar-refractivity contribution < 1.29 is 9.90 Å². The lowest BCUT2D eigenvalue weighted by molar-refractivity contribution is 0.0688. The summed E-state index contributed by atoms with van der Waals surface area (Å²) in [5.41, 5.74) is 4.63. The molecule has 0 radical (unpaired) electrons. The molecule has 4 nitrogen and oxygen atoms in total. The Balaban J connectivity index is 1.98. The van der Waals surface area contributed by atoms with E-state index in [4.69, 9.17) is 0 Å². The number of nitrogens with zero attached hydrogens (tertiary/aromatic N) is 2. The first-order chi connectivity index (χ1) is 9.15. The normalized spacial score (nSPS) is 13.5. The molecular weight excluding hydrogens is 240 g/mol. The van der Waals surface area contributed by atoms with Crippen LogP contribution in [0.1, 0.15) is 39.3 Å². The lowest BCUT2D eigenvalue weighted by Crippen LogP contribution is -2.07. The molecule has 0 saturated heterocycles. The van der Waals surface area contributed by atoms with Gasteiger partial charge in [-0.25, -0.2) is 4.79 Å². The molecule has 0 bridgehead atoms. The molecule has 0 saturated carbocycles. The maximum Gasteiger partial charge on any atom is 0.356 e. The van der Waals surface area contributed by atoms with Crippen LogP contribution >= 0.6 is 0 Å². The minimum Gasteiger partial charge on any atom is -0.476 e. The third kappa shape index (κ3) is 2.14. The molecule has 3 rings (SSSR count). The maximum atomic E-state index is 11.2. The predicted octanol–water partition coefficient (Wildman–Crippen LogP) is 2.43. The largest absolute Gasteiger partial charge is 0.476 e. The smallest absolute Gasteiger partial charge is 0.356 e. The third-order valence-electron chi connectivity index (χ3n) is 3.62. The van der Waals surface area contributed by atoms with Crippen LogP contribution in [0.25, 0.3) is 0 Å². The van der Waals surface area contributed by atoms with Crippen molar-refractivity contribution in [2.45, 2.75) is 32.7 Å². The fraction of sp³-hybridized carbons (Fsp3) is 0.333. The second-order valence-electron chi connectivity index (χ2n) is 5.08. The summed E-state index contributed by atoms with van der Waals surface area (Å²) in [6.07, 6.45) is 2.80. The first-order valence-corrected chi connectivity index (χ1v) is 6.52. The average molecular weight is 256 g/mol. The van der Waals surface area contributed by atoms with Gasteiger partial charge in [-0.05, 0) is 31.7 Å². The lowest BCUT2D eigenvalue weighted by Gasteiger charge is -2.06. The molecular formula is C15H16N2O2. The Kier molecular flexibility index (Phi) is 2.85. The molecule has 98 valence electrons. The molecule has 0 unspecified atom stereocenters. The molecule has 1 N–H and O–H groups in total. The topological polar surface area (TPSA) is 55.1 Å². The van der Waals surface area contributed by atoms with E-state index in [1.807, 2.05) is 10.7 Å². The van der Waals surface area contributed by atoms with E-state index in [9.17, 15) is 9.90 Å². The molecule has 0 aliphatic heterocycles. The van der Waals surface area contributed by atoms with Crippen LogP contribution in [0.4, 0.5) is 0 Å². The van der Waals surface area contributed by atoms with Crippen molar-refractivity contribution in [3.05, 3.63) is 52.3 Å². The van der Waals surface area contributed by atoms with E-state index in [0.717, 1.165) is 36.1 Å². The molecule has 1 heterocycles. The second-order valence-corrected chi connectivity index (χ2v) is 5.08. The molecule has 0 atom stereocenters. The van der Waals surface area contributed by atoms with Crippen LogP contribution in [0.3, 0.4) is 0 Å². The summed E-state index contributed by atoms with van der Waals surface area (Å²) in [7, 11) is 0. The minimum absolute atomic E-state index is 0.236. The van der Waals surface area contributed by atoms with Gasteiger partial charge in [0.15, 0.2) is 5.69 Å². The van der Waals surface area contributed by atoms with Gasteiger partial charge in [-0.1, -0.05) is 29.8 Å². The molecule has 1 aromatic carbocycles. The average Bonchev–Trinajstić information content (AvgIpc) is 2.92. The van der Waals surface area contributed by atoms with Crippen molar-refractivity contribution >= 4 is 5.97 Å². The highest BCUT2D eigenvalue weighted by molar-refractivity contribution is 5.87. The van der Waals surface area contributed by atoms with Gasteiger partial charge in [0.2, 0.25) is 0 Å². The van der Waals surface area contributed by atoms with Crippen LogP contribution in [0.2, 0.25) is 0 Å². The van der Waals surface area contributed by atoms with Crippen molar-refractivity contribution in [3.8, 4) is 0 Å². The second kappa shape index (κ2) is 4.53. The zero-order valence-electron chi connectivity index (χ0n) is 10.9. The maximum absolute atomic E-state index is 11.2. The molecule has 19 heavy (non-hydrogen) atoms. The number of hydrogen-bond donors (Lipinski definition) is 1. The van der Waals surface area contributed by atoms with Crippen LogP contribution in [-0.2, 0) is 19.4 Å². The number of benzene rings is 1. The number of hydrogen-bond acceptors (Lipinski definition) is 2. The van der Waals surface area contributed by atoms with E-state index in [0.29, 0.717) is 6.54 Å². The monoisotopic (exact) mass is 256 g/mol. The SMILES string of the molecule is Cc1cccc(Cn2nc(C(=O)O)c3c2CCC3)c1. The van der Waals surface area contributed by atoms with Gasteiger partial charge < -0.3 is 5.11 Å². The first-order valence-electron chi connectivity index (χ1n) is 6.52. The van der Waals surface area contributed by atoms with E-state index in [2.05, 4.69) is 30.2 Å². The first kappa shape index (κ1) is 12.0. The number of aromatic nitrogens is 2. The highest BCUT2D eigenvalue weighted by atomic mass is 16.4.